The summed E-state index contributed by atoms with van der Waals surface area (Å²) in [5.41, 5.74) is 1.18. The predicted molar refractivity (Wildman–Crippen MR) is 73.0 cm³/mol. The van der Waals surface area contributed by atoms with E-state index in [1.54, 1.807) is 0 Å². The third-order valence-corrected chi connectivity index (χ3v) is 2.70. The van der Waals surface area contributed by atoms with Crippen LogP contribution in [0.5, 0.6) is 5.75 Å². The van der Waals surface area contributed by atoms with Crippen molar-refractivity contribution in [3.8, 4) is 5.75 Å². The van der Waals surface area contributed by atoms with E-state index in [0.29, 0.717) is 0 Å². The molecule has 4 nitrogen and oxygen atoms in total. The van der Waals surface area contributed by atoms with Gasteiger partial charge in [0.25, 0.3) is 0 Å². The number of hydrogen-bond donors (Lipinski definition) is 2. The third kappa shape index (κ3) is 5.80. The molecule has 2 N–H and O–H groups in total. The van der Waals surface area contributed by atoms with Gasteiger partial charge in [0.05, 0.1) is 0 Å². The fourth-order valence-electron chi connectivity index (χ4n) is 1.55. The molecule has 2 rings (SSSR count). The van der Waals surface area contributed by atoms with Gasteiger partial charge in [0.1, 0.15) is 12.4 Å². The summed E-state index contributed by atoms with van der Waals surface area (Å²) in [5, 5.41) is 6.34. The van der Waals surface area contributed by atoms with Gasteiger partial charge in [-0.25, -0.2) is 0 Å². The fraction of sp³-hybridized carbons (Fsp3) is 0.500. The first-order chi connectivity index (χ1) is 8.76. The molecule has 0 saturated carbocycles. The largest absolute Gasteiger partial charge is 0.486 e. The lowest BCUT2D eigenvalue weighted by Gasteiger charge is -2.26. The van der Waals surface area contributed by atoms with Crippen LogP contribution >= 0.6 is 0 Å². The molecule has 0 bridgehead atoms. The van der Waals surface area contributed by atoms with Crippen molar-refractivity contribution in [3.63, 3.8) is 0 Å². The Hall–Kier alpha value is -1.39. The molecule has 18 heavy (non-hydrogen) atoms. The Morgan fingerprint density at radius 2 is 2.06 bits per heavy atom. The molecule has 1 aromatic rings. The van der Waals surface area contributed by atoms with Gasteiger partial charge in [-0.3, -0.25) is 4.79 Å². The lowest BCUT2D eigenvalue weighted by Crippen LogP contribution is -2.46. The number of nitrogens with one attached hydrogen (secondary N) is 2. The van der Waals surface area contributed by atoms with Gasteiger partial charge in [-0.05, 0) is 32.0 Å². The molecule has 0 aromatic heterocycles. The van der Waals surface area contributed by atoms with E-state index in [0.717, 1.165) is 18.0 Å². The molecular formula is C14H22N2O2. The zero-order chi connectivity index (χ0) is 13.2. The van der Waals surface area contributed by atoms with Gasteiger partial charge in [0.15, 0.2) is 6.29 Å². The Morgan fingerprint density at radius 1 is 1.39 bits per heavy atom. The van der Waals surface area contributed by atoms with Gasteiger partial charge in [-0.2, -0.15) is 0 Å². The number of aldehydes is 1. The second kappa shape index (κ2) is 8.66. The van der Waals surface area contributed by atoms with Crippen LogP contribution in [0.15, 0.2) is 24.3 Å². The van der Waals surface area contributed by atoms with E-state index in [1.807, 2.05) is 38.2 Å². The lowest BCUT2D eigenvalue weighted by molar-refractivity contribution is -0.109. The Labute approximate surface area is 109 Å². The highest BCUT2D eigenvalue weighted by Crippen LogP contribution is 2.10. The van der Waals surface area contributed by atoms with Crippen LogP contribution in [-0.2, 0) is 4.79 Å². The predicted octanol–water partition coefficient (Wildman–Crippen LogP) is 0.998. The number of rotatable bonds is 5. The molecule has 0 spiro atoms. The summed E-state index contributed by atoms with van der Waals surface area (Å²) in [7, 11) is 2.00. The monoisotopic (exact) mass is 250 g/mol. The Bertz CT molecular complexity index is 334. The molecule has 1 aliphatic heterocycles. The number of carbonyl (C=O) groups is 1. The molecule has 1 fully saturated rings. The van der Waals surface area contributed by atoms with Crippen molar-refractivity contribution in [1.29, 1.82) is 0 Å². The second-order valence-electron chi connectivity index (χ2n) is 4.37. The van der Waals surface area contributed by atoms with E-state index < -0.39 is 0 Å². The van der Waals surface area contributed by atoms with E-state index in [1.165, 1.54) is 25.2 Å². The number of carbonyl (C=O) groups excluding carboxylic acids is 1. The van der Waals surface area contributed by atoms with Gasteiger partial charge in [-0.1, -0.05) is 17.7 Å². The summed E-state index contributed by atoms with van der Waals surface area (Å²) in [6, 6.07) is 7.58. The summed E-state index contributed by atoms with van der Waals surface area (Å²) in [6.07, 6.45) is 0.736. The van der Waals surface area contributed by atoms with Gasteiger partial charge >= 0.3 is 0 Å². The molecule has 4 heteroatoms. The minimum absolute atomic E-state index is 0.128. The first kappa shape index (κ1) is 14.7. The van der Waals surface area contributed by atoms with E-state index in [4.69, 9.17) is 4.74 Å². The summed E-state index contributed by atoms with van der Waals surface area (Å²) in [6.45, 7) is 5.72. The Kier molecular flexibility index (Phi) is 7.06. The highest BCUT2D eigenvalue weighted by molar-refractivity contribution is 5.51. The fourth-order valence-corrected chi connectivity index (χ4v) is 1.55. The zero-order valence-corrected chi connectivity index (χ0v) is 11.1. The maximum Gasteiger partial charge on any atom is 0.157 e. The molecule has 1 saturated heterocycles. The normalized spacial score (nSPS) is 14.1. The van der Waals surface area contributed by atoms with E-state index in [2.05, 4.69) is 10.6 Å². The van der Waals surface area contributed by atoms with Gasteiger partial charge in [-0.15, -0.1) is 0 Å². The van der Waals surface area contributed by atoms with Crippen molar-refractivity contribution in [3.05, 3.63) is 29.8 Å². The van der Waals surface area contributed by atoms with Gasteiger partial charge in [0, 0.05) is 19.6 Å². The molecule has 1 aliphatic rings. The van der Waals surface area contributed by atoms with E-state index in [-0.39, 0.29) is 6.61 Å². The smallest absolute Gasteiger partial charge is 0.157 e. The van der Waals surface area contributed by atoms with Crippen molar-refractivity contribution in [1.82, 2.24) is 10.6 Å². The molecule has 0 radical (unpaired) electrons. The van der Waals surface area contributed by atoms with Crippen molar-refractivity contribution >= 4 is 6.29 Å². The molecule has 100 valence electrons. The third-order valence-electron chi connectivity index (χ3n) is 2.70. The molecule has 0 atom stereocenters. The molecule has 0 aliphatic carbocycles. The summed E-state index contributed by atoms with van der Waals surface area (Å²) < 4.78 is 5.04. The van der Waals surface area contributed by atoms with Gasteiger partial charge < -0.3 is 15.4 Å². The SMILES string of the molecule is CNCC1CNC1.Cc1ccc(OCC=O)cc1. The summed E-state index contributed by atoms with van der Waals surface area (Å²) in [4.78, 5) is 9.92. The number of aryl methyl sites for hydroxylation is 1. The zero-order valence-electron chi connectivity index (χ0n) is 11.1. The van der Waals surface area contributed by atoms with Crippen LogP contribution < -0.4 is 15.4 Å². The van der Waals surface area contributed by atoms with Crippen LogP contribution in [-0.4, -0.2) is 39.6 Å². The first-order valence-electron chi connectivity index (χ1n) is 6.24. The van der Waals surface area contributed by atoms with Gasteiger partial charge in [0.2, 0.25) is 0 Å². The standard InChI is InChI=1S/C9H10O2.C5H12N2/c1-8-2-4-9(5-3-8)11-7-6-10;1-6-2-5-3-7-4-5/h2-6H,7H2,1H3;5-7H,2-4H2,1H3. The topological polar surface area (TPSA) is 50.4 Å². The average molecular weight is 250 g/mol. The number of benzene rings is 1. The quantitative estimate of drug-likeness (QED) is 0.765. The minimum Gasteiger partial charge on any atom is -0.486 e. The summed E-state index contributed by atoms with van der Waals surface area (Å²) in [5.74, 6) is 1.65. The van der Waals surface area contributed by atoms with Crippen LogP contribution in [0.4, 0.5) is 0 Å². The number of hydrogen-bond acceptors (Lipinski definition) is 4. The average Bonchev–Trinajstić information content (AvgIpc) is 2.34. The maximum absolute atomic E-state index is 9.92. The Morgan fingerprint density at radius 3 is 2.44 bits per heavy atom. The van der Waals surface area contributed by atoms with E-state index in [9.17, 15) is 4.79 Å². The van der Waals surface area contributed by atoms with Crippen molar-refractivity contribution in [2.45, 2.75) is 6.92 Å². The highest BCUT2D eigenvalue weighted by atomic mass is 16.5. The molecule has 1 aromatic carbocycles. The number of ether oxygens (including phenoxy) is 1. The molecule has 0 unspecified atom stereocenters. The van der Waals surface area contributed by atoms with Crippen LogP contribution in [0, 0.1) is 12.8 Å². The molecule has 1 heterocycles. The lowest BCUT2D eigenvalue weighted by atomic mass is 10.0. The molecular weight excluding hydrogens is 228 g/mol. The van der Waals surface area contributed by atoms with Crippen LogP contribution in [0.1, 0.15) is 5.56 Å². The maximum atomic E-state index is 9.92. The first-order valence-corrected chi connectivity index (χ1v) is 6.24. The Balaban J connectivity index is 0.000000199. The van der Waals surface area contributed by atoms with Crippen LogP contribution in [0.2, 0.25) is 0 Å². The van der Waals surface area contributed by atoms with Crippen molar-refractivity contribution < 1.29 is 9.53 Å². The van der Waals surface area contributed by atoms with Crippen LogP contribution in [0.25, 0.3) is 0 Å². The second-order valence-corrected chi connectivity index (χ2v) is 4.37. The van der Waals surface area contributed by atoms with Crippen molar-refractivity contribution in [2.75, 3.05) is 33.3 Å². The van der Waals surface area contributed by atoms with Crippen LogP contribution in [0.3, 0.4) is 0 Å². The molecule has 0 amide bonds. The van der Waals surface area contributed by atoms with Crippen molar-refractivity contribution in [2.24, 2.45) is 5.92 Å². The summed E-state index contributed by atoms with van der Waals surface area (Å²) >= 11 is 0. The van der Waals surface area contributed by atoms with E-state index >= 15 is 0 Å². The minimum atomic E-state index is 0.128. The highest BCUT2D eigenvalue weighted by Gasteiger charge is 2.13.